The van der Waals surface area contributed by atoms with Crippen molar-refractivity contribution in [3.05, 3.63) is 35.9 Å². The number of carboxylic acid groups (broad SMARTS) is 1. The Morgan fingerprint density at radius 2 is 1.75 bits per heavy atom. The Labute approximate surface area is 148 Å². The number of carbonyl (C=O) groups is 2. The van der Waals surface area contributed by atoms with Gasteiger partial charge in [-0.1, -0.05) is 62.9 Å². The van der Waals surface area contributed by atoms with Crippen LogP contribution in [0.5, 0.6) is 0 Å². The molecule has 3 N–H and O–H groups in total. The van der Waals surface area contributed by atoms with Crippen LogP contribution in [0.4, 0.5) is 0 Å². The van der Waals surface area contributed by atoms with Crippen molar-refractivity contribution in [3.8, 4) is 0 Å². The molecule has 136 valence electrons. The molecule has 0 bridgehead atoms. The molecule has 1 aromatic rings. The number of aliphatic hydroxyl groups is 1. The fourth-order valence-corrected chi connectivity index (χ4v) is 2.49. The van der Waals surface area contributed by atoms with Gasteiger partial charge in [0.2, 0.25) is 0 Å². The van der Waals surface area contributed by atoms with Crippen molar-refractivity contribution >= 4 is 22.8 Å². The van der Waals surface area contributed by atoms with Crippen molar-refractivity contribution in [2.45, 2.75) is 46.2 Å². The minimum Gasteiger partial charge on any atom is -0.481 e. The van der Waals surface area contributed by atoms with Crippen molar-refractivity contribution in [3.63, 3.8) is 0 Å². The lowest BCUT2D eigenvalue weighted by molar-refractivity contribution is -0.140. The molecule has 0 aliphatic rings. The molecule has 1 rings (SSSR count). The first-order valence-corrected chi connectivity index (χ1v) is 9.01. The Morgan fingerprint density at radius 3 is 2.17 bits per heavy atom. The van der Waals surface area contributed by atoms with Crippen molar-refractivity contribution in [1.29, 1.82) is 0 Å². The van der Waals surface area contributed by atoms with E-state index in [4.69, 9.17) is 5.11 Å². The van der Waals surface area contributed by atoms with Gasteiger partial charge in [-0.3, -0.25) is 9.59 Å². The first-order chi connectivity index (χ1) is 11.3. The summed E-state index contributed by atoms with van der Waals surface area (Å²) in [5.41, 5.74) is 1.26. The van der Waals surface area contributed by atoms with Gasteiger partial charge in [0.15, 0.2) is 5.12 Å². The molecule has 5 nitrogen and oxygen atoms in total. The summed E-state index contributed by atoms with van der Waals surface area (Å²) in [4.78, 5) is 20.5. The highest BCUT2D eigenvalue weighted by molar-refractivity contribution is 8.13. The van der Waals surface area contributed by atoms with E-state index in [9.17, 15) is 14.7 Å². The summed E-state index contributed by atoms with van der Waals surface area (Å²) < 4.78 is 0. The van der Waals surface area contributed by atoms with E-state index >= 15 is 0 Å². The number of hydrogen-bond acceptors (Lipinski definition) is 5. The standard InChI is InChI=1S/C12H19NO.C6H10O3S/c1-10(2)13-12(9-14)8-11-6-4-3-5-7-11;1-4(6(8)9)3-10-5(2)7/h3-7,10,12-14H,8-9H2,1-2H3;4H,3H2,1-2H3,(H,8,9)/t12-;/m1./s1. The summed E-state index contributed by atoms with van der Waals surface area (Å²) in [5, 5.41) is 20.8. The normalized spacial score (nSPS) is 12.9. The van der Waals surface area contributed by atoms with Crippen LogP contribution in [0.1, 0.15) is 33.3 Å². The minimum atomic E-state index is -0.853. The van der Waals surface area contributed by atoms with Gasteiger partial charge in [0.05, 0.1) is 12.5 Å². The van der Waals surface area contributed by atoms with Crippen LogP contribution in [0, 0.1) is 5.92 Å². The van der Waals surface area contributed by atoms with Gasteiger partial charge in [0.25, 0.3) is 0 Å². The van der Waals surface area contributed by atoms with E-state index in [2.05, 4.69) is 31.3 Å². The molecule has 2 atom stereocenters. The highest BCUT2D eigenvalue weighted by Crippen LogP contribution is 2.08. The third kappa shape index (κ3) is 12.1. The maximum atomic E-state index is 10.3. The third-order valence-electron chi connectivity index (χ3n) is 3.07. The number of benzene rings is 1. The monoisotopic (exact) mass is 355 g/mol. The Morgan fingerprint density at radius 1 is 1.17 bits per heavy atom. The molecule has 0 heterocycles. The predicted octanol–water partition coefficient (Wildman–Crippen LogP) is 2.57. The first kappa shape index (κ1) is 22.6. The molecule has 0 aliphatic heterocycles. The quantitative estimate of drug-likeness (QED) is 0.664. The third-order valence-corrected chi connectivity index (χ3v) is 4.15. The molecular weight excluding hydrogens is 326 g/mol. The summed E-state index contributed by atoms with van der Waals surface area (Å²) in [6.45, 7) is 7.38. The zero-order valence-electron chi connectivity index (χ0n) is 14.9. The van der Waals surface area contributed by atoms with Crippen LogP contribution in [0.3, 0.4) is 0 Å². The second kappa shape index (κ2) is 13.0. The van der Waals surface area contributed by atoms with Gasteiger partial charge in [-0.05, 0) is 12.0 Å². The van der Waals surface area contributed by atoms with E-state index < -0.39 is 11.9 Å². The van der Waals surface area contributed by atoms with E-state index in [-0.39, 0.29) is 17.8 Å². The Bertz CT molecular complexity index is 479. The molecule has 0 aromatic heterocycles. The predicted molar refractivity (Wildman–Crippen MR) is 99.2 cm³/mol. The first-order valence-electron chi connectivity index (χ1n) is 8.03. The Kier molecular flexibility index (Phi) is 12.2. The summed E-state index contributed by atoms with van der Waals surface area (Å²) in [6.07, 6.45) is 0.884. The lowest BCUT2D eigenvalue weighted by Gasteiger charge is -2.18. The molecule has 6 heteroatoms. The Balaban J connectivity index is 0.000000470. The highest BCUT2D eigenvalue weighted by atomic mass is 32.2. The van der Waals surface area contributed by atoms with Crippen LogP contribution in [0.25, 0.3) is 0 Å². The molecule has 24 heavy (non-hydrogen) atoms. The Hall–Kier alpha value is -1.37. The summed E-state index contributed by atoms with van der Waals surface area (Å²) in [7, 11) is 0. The van der Waals surface area contributed by atoms with Crippen LogP contribution in [0.2, 0.25) is 0 Å². The van der Waals surface area contributed by atoms with Crippen LogP contribution in [0.15, 0.2) is 30.3 Å². The zero-order valence-corrected chi connectivity index (χ0v) is 15.7. The number of aliphatic hydroxyl groups excluding tert-OH is 1. The summed E-state index contributed by atoms with van der Waals surface area (Å²) in [6, 6.07) is 10.8. The van der Waals surface area contributed by atoms with Crippen LogP contribution in [-0.4, -0.2) is 45.7 Å². The maximum absolute atomic E-state index is 10.3. The number of nitrogens with one attached hydrogen (secondary N) is 1. The number of hydrogen-bond donors (Lipinski definition) is 3. The molecule has 1 aromatic carbocycles. The fraction of sp³-hybridized carbons (Fsp3) is 0.556. The van der Waals surface area contributed by atoms with E-state index in [1.807, 2.05) is 18.2 Å². The molecule has 0 saturated heterocycles. The van der Waals surface area contributed by atoms with Gasteiger partial charge in [-0.25, -0.2) is 0 Å². The van der Waals surface area contributed by atoms with Gasteiger partial charge >= 0.3 is 5.97 Å². The fourth-order valence-electron chi connectivity index (χ4n) is 1.86. The van der Waals surface area contributed by atoms with Crippen molar-refractivity contribution in [2.75, 3.05) is 12.4 Å². The van der Waals surface area contributed by atoms with Crippen molar-refractivity contribution in [2.24, 2.45) is 5.92 Å². The average Bonchev–Trinajstić information content (AvgIpc) is 2.52. The van der Waals surface area contributed by atoms with Crippen LogP contribution in [-0.2, 0) is 16.0 Å². The summed E-state index contributed by atoms with van der Waals surface area (Å²) in [5.74, 6) is -0.923. The molecule has 0 fully saturated rings. The second-order valence-corrected chi connectivity index (χ2v) is 7.13. The number of thioether (sulfide) groups is 1. The molecule has 0 spiro atoms. The largest absolute Gasteiger partial charge is 0.481 e. The number of carboxylic acids is 1. The van der Waals surface area contributed by atoms with Crippen LogP contribution < -0.4 is 5.32 Å². The maximum Gasteiger partial charge on any atom is 0.307 e. The van der Waals surface area contributed by atoms with Gasteiger partial charge in [0, 0.05) is 24.8 Å². The number of rotatable bonds is 8. The molecule has 0 aliphatic carbocycles. The summed E-state index contributed by atoms with van der Waals surface area (Å²) >= 11 is 1.05. The highest BCUT2D eigenvalue weighted by Gasteiger charge is 2.11. The van der Waals surface area contributed by atoms with Gasteiger partial charge < -0.3 is 15.5 Å². The van der Waals surface area contributed by atoms with E-state index in [0.29, 0.717) is 11.8 Å². The second-order valence-electron chi connectivity index (χ2n) is 5.93. The van der Waals surface area contributed by atoms with Crippen molar-refractivity contribution in [1.82, 2.24) is 5.32 Å². The average molecular weight is 356 g/mol. The number of aliphatic carboxylic acids is 1. The van der Waals surface area contributed by atoms with Gasteiger partial charge in [-0.2, -0.15) is 0 Å². The lowest BCUT2D eigenvalue weighted by Crippen LogP contribution is -2.39. The molecular formula is C18H29NO4S. The van der Waals surface area contributed by atoms with Crippen LogP contribution >= 0.6 is 11.8 Å². The van der Waals surface area contributed by atoms with E-state index in [0.717, 1.165) is 18.2 Å². The minimum absolute atomic E-state index is 0.0342. The smallest absolute Gasteiger partial charge is 0.307 e. The molecule has 0 amide bonds. The lowest BCUT2D eigenvalue weighted by atomic mass is 10.1. The van der Waals surface area contributed by atoms with E-state index in [1.54, 1.807) is 6.92 Å². The SMILES string of the molecule is CC(=O)SCC(C)C(=O)O.CC(C)N[C@@H](CO)Cc1ccccc1. The topological polar surface area (TPSA) is 86.6 Å². The van der Waals surface area contributed by atoms with Crippen molar-refractivity contribution < 1.29 is 19.8 Å². The molecule has 0 radical (unpaired) electrons. The molecule has 0 saturated carbocycles. The zero-order chi connectivity index (χ0) is 18.5. The van der Waals surface area contributed by atoms with E-state index in [1.165, 1.54) is 12.5 Å². The van der Waals surface area contributed by atoms with Gasteiger partial charge in [-0.15, -0.1) is 0 Å². The van der Waals surface area contributed by atoms with Gasteiger partial charge in [0.1, 0.15) is 0 Å². The number of carbonyl (C=O) groups excluding carboxylic acids is 1. The molecule has 1 unspecified atom stereocenters.